The van der Waals surface area contributed by atoms with Gasteiger partial charge < -0.3 is 4.74 Å². The van der Waals surface area contributed by atoms with Crippen LogP contribution in [0, 0.1) is 0 Å². The Balaban J connectivity index is 4.06. The third-order valence-electron chi connectivity index (χ3n) is 1.60. The van der Waals surface area contributed by atoms with E-state index in [2.05, 4.69) is 0 Å². The van der Waals surface area contributed by atoms with Gasteiger partial charge in [-0.1, -0.05) is 23.8 Å². The Hall–Kier alpha value is -1.64. The van der Waals surface area contributed by atoms with Gasteiger partial charge in [0.15, 0.2) is 0 Å². The lowest BCUT2D eigenvalue weighted by molar-refractivity contribution is -0.139. The van der Waals surface area contributed by atoms with E-state index < -0.39 is 0 Å². The summed E-state index contributed by atoms with van der Waals surface area (Å²) in [6.07, 6.45) is 7.93. The van der Waals surface area contributed by atoms with E-state index in [-0.39, 0.29) is 12.6 Å². The van der Waals surface area contributed by atoms with Gasteiger partial charge in [0.25, 0.3) is 0 Å². The third-order valence-corrected chi connectivity index (χ3v) is 1.60. The first kappa shape index (κ1) is 13.4. The summed E-state index contributed by atoms with van der Waals surface area (Å²) in [5.74, 6) is -0.292. The normalized spacial score (nSPS) is 13.0. The van der Waals surface area contributed by atoms with Crippen molar-refractivity contribution < 1.29 is 14.3 Å². The van der Waals surface area contributed by atoms with E-state index in [4.69, 9.17) is 4.74 Å². The molecule has 0 aliphatic heterocycles. The lowest BCUT2D eigenvalue weighted by atomic mass is 10.2. The van der Waals surface area contributed by atoms with Gasteiger partial charge in [-0.2, -0.15) is 0 Å². The fourth-order valence-electron chi connectivity index (χ4n) is 0.749. The number of allylic oxidation sites excluding steroid dienone is 5. The van der Waals surface area contributed by atoms with E-state index in [9.17, 15) is 9.59 Å². The van der Waals surface area contributed by atoms with Crippen molar-refractivity contribution in [3.63, 3.8) is 0 Å². The zero-order valence-electron chi connectivity index (χ0n) is 9.32. The summed E-state index contributed by atoms with van der Waals surface area (Å²) < 4.78 is 4.74. The van der Waals surface area contributed by atoms with E-state index in [0.29, 0.717) is 5.57 Å². The highest BCUT2D eigenvalue weighted by Crippen LogP contribution is 1.97. The Morgan fingerprint density at radius 2 is 1.87 bits per heavy atom. The second kappa shape index (κ2) is 7.74. The van der Waals surface area contributed by atoms with Crippen LogP contribution in [0.15, 0.2) is 35.5 Å². The smallest absolute Gasteiger partial charge is 0.302 e. The molecule has 3 heteroatoms. The second-order valence-electron chi connectivity index (χ2n) is 3.14. The van der Waals surface area contributed by atoms with Crippen LogP contribution in [-0.2, 0) is 14.3 Å². The summed E-state index contributed by atoms with van der Waals surface area (Å²) in [5, 5.41) is 0. The van der Waals surface area contributed by atoms with Gasteiger partial charge in [0, 0.05) is 6.92 Å². The molecule has 0 spiro atoms. The minimum absolute atomic E-state index is 0.280. The lowest BCUT2D eigenvalue weighted by Gasteiger charge is -1.96. The molecule has 0 saturated carbocycles. The fourth-order valence-corrected chi connectivity index (χ4v) is 0.749. The molecule has 0 saturated heterocycles. The van der Waals surface area contributed by atoms with Crippen LogP contribution in [0.3, 0.4) is 0 Å². The second-order valence-corrected chi connectivity index (χ2v) is 3.14. The summed E-state index contributed by atoms with van der Waals surface area (Å²) >= 11 is 0. The van der Waals surface area contributed by atoms with Gasteiger partial charge in [0.1, 0.15) is 12.9 Å². The number of rotatable bonds is 5. The molecule has 0 aromatic rings. The van der Waals surface area contributed by atoms with Gasteiger partial charge in [-0.25, -0.2) is 0 Å². The summed E-state index contributed by atoms with van der Waals surface area (Å²) in [6.45, 7) is 5.27. The number of esters is 1. The van der Waals surface area contributed by atoms with Crippen molar-refractivity contribution in [1.29, 1.82) is 0 Å². The zero-order valence-corrected chi connectivity index (χ0v) is 9.32. The average molecular weight is 208 g/mol. The first-order valence-electron chi connectivity index (χ1n) is 4.66. The first-order valence-corrected chi connectivity index (χ1v) is 4.66. The SMILES string of the molecule is CC(=O)OCC=C(C)C=CC=C(C)C=O. The molecular weight excluding hydrogens is 192 g/mol. The van der Waals surface area contributed by atoms with Gasteiger partial charge in [-0.3, -0.25) is 9.59 Å². The molecule has 0 rings (SSSR count). The largest absolute Gasteiger partial charge is 0.462 e. The van der Waals surface area contributed by atoms with E-state index in [0.717, 1.165) is 11.9 Å². The topological polar surface area (TPSA) is 43.4 Å². The number of carbonyl (C=O) groups is 2. The maximum atomic E-state index is 10.4. The minimum Gasteiger partial charge on any atom is -0.462 e. The van der Waals surface area contributed by atoms with E-state index in [1.54, 1.807) is 25.2 Å². The van der Waals surface area contributed by atoms with Crippen molar-refractivity contribution in [3.8, 4) is 0 Å². The Bertz CT molecular complexity index is 309. The van der Waals surface area contributed by atoms with E-state index >= 15 is 0 Å². The molecule has 3 nitrogen and oxygen atoms in total. The van der Waals surface area contributed by atoms with Gasteiger partial charge in [0.2, 0.25) is 0 Å². The molecule has 0 amide bonds. The number of hydrogen-bond donors (Lipinski definition) is 0. The molecule has 0 fully saturated rings. The molecule has 0 aromatic carbocycles. The summed E-state index contributed by atoms with van der Waals surface area (Å²) in [4.78, 5) is 20.7. The Morgan fingerprint density at radius 1 is 1.20 bits per heavy atom. The van der Waals surface area contributed by atoms with Crippen LogP contribution in [0.4, 0.5) is 0 Å². The summed E-state index contributed by atoms with van der Waals surface area (Å²) in [5.41, 5.74) is 1.64. The average Bonchev–Trinajstić information content (AvgIpc) is 2.17. The summed E-state index contributed by atoms with van der Waals surface area (Å²) in [6, 6.07) is 0. The van der Waals surface area contributed by atoms with Crippen molar-refractivity contribution in [3.05, 3.63) is 35.5 Å². The van der Waals surface area contributed by atoms with Crippen molar-refractivity contribution in [2.75, 3.05) is 6.61 Å². The van der Waals surface area contributed by atoms with Crippen molar-refractivity contribution in [1.82, 2.24) is 0 Å². The lowest BCUT2D eigenvalue weighted by Crippen LogP contribution is -1.97. The van der Waals surface area contributed by atoms with E-state index in [1.807, 2.05) is 13.0 Å². The fraction of sp³-hybridized carbons (Fsp3) is 0.333. The number of ether oxygens (including phenoxy) is 1. The van der Waals surface area contributed by atoms with Crippen molar-refractivity contribution in [2.24, 2.45) is 0 Å². The molecule has 0 radical (unpaired) electrons. The van der Waals surface area contributed by atoms with Gasteiger partial charge in [0.05, 0.1) is 0 Å². The molecule has 15 heavy (non-hydrogen) atoms. The van der Waals surface area contributed by atoms with Crippen LogP contribution in [0.25, 0.3) is 0 Å². The standard InChI is InChI=1S/C12H16O3/c1-10(7-8-15-12(3)14)5-4-6-11(2)9-13/h4-7,9H,8H2,1-3H3. The Morgan fingerprint density at radius 3 is 2.40 bits per heavy atom. The predicted octanol–water partition coefficient (Wildman–Crippen LogP) is 2.20. The van der Waals surface area contributed by atoms with Crippen LogP contribution in [0.2, 0.25) is 0 Å². The molecule has 0 aliphatic carbocycles. The minimum atomic E-state index is -0.292. The molecule has 0 atom stereocenters. The quantitative estimate of drug-likeness (QED) is 0.301. The molecular formula is C12H16O3. The highest BCUT2D eigenvalue weighted by Gasteiger charge is 1.88. The number of aldehydes is 1. The van der Waals surface area contributed by atoms with Crippen molar-refractivity contribution in [2.45, 2.75) is 20.8 Å². The number of hydrogen-bond acceptors (Lipinski definition) is 3. The summed E-state index contributed by atoms with van der Waals surface area (Å²) in [7, 11) is 0. The van der Waals surface area contributed by atoms with Crippen LogP contribution >= 0.6 is 0 Å². The maximum absolute atomic E-state index is 10.4. The molecule has 0 aromatic heterocycles. The Labute approximate surface area is 90.1 Å². The third kappa shape index (κ3) is 8.68. The molecule has 82 valence electrons. The first-order chi connectivity index (χ1) is 7.06. The van der Waals surface area contributed by atoms with Crippen LogP contribution in [-0.4, -0.2) is 18.9 Å². The molecule has 0 aliphatic rings. The molecule has 0 bridgehead atoms. The van der Waals surface area contributed by atoms with Crippen LogP contribution in [0.1, 0.15) is 20.8 Å². The van der Waals surface area contributed by atoms with Crippen molar-refractivity contribution >= 4 is 12.3 Å². The van der Waals surface area contributed by atoms with Crippen LogP contribution in [0.5, 0.6) is 0 Å². The monoisotopic (exact) mass is 208 g/mol. The number of carbonyl (C=O) groups excluding carboxylic acids is 2. The Kier molecular flexibility index (Phi) is 6.89. The molecule has 0 unspecified atom stereocenters. The van der Waals surface area contributed by atoms with Gasteiger partial charge >= 0.3 is 5.97 Å². The highest BCUT2D eigenvalue weighted by molar-refractivity contribution is 5.72. The predicted molar refractivity (Wildman–Crippen MR) is 59.4 cm³/mol. The zero-order chi connectivity index (χ0) is 11.7. The van der Waals surface area contributed by atoms with E-state index in [1.165, 1.54) is 6.92 Å². The van der Waals surface area contributed by atoms with Crippen LogP contribution < -0.4 is 0 Å². The van der Waals surface area contributed by atoms with Gasteiger partial charge in [-0.05, 0) is 25.5 Å². The van der Waals surface area contributed by atoms with Gasteiger partial charge in [-0.15, -0.1) is 0 Å². The maximum Gasteiger partial charge on any atom is 0.302 e. The molecule has 0 N–H and O–H groups in total. The highest BCUT2D eigenvalue weighted by atomic mass is 16.5. The molecule has 0 heterocycles.